The molecule has 0 spiro atoms. The van der Waals surface area contributed by atoms with Crippen molar-refractivity contribution in [2.75, 3.05) is 20.3 Å². The molecule has 0 aliphatic heterocycles. The molecule has 2 aromatic carbocycles. The van der Waals surface area contributed by atoms with Crippen LogP contribution in [0, 0.1) is 13.8 Å². The summed E-state index contributed by atoms with van der Waals surface area (Å²) in [6, 6.07) is 12.2. The number of aryl methyl sites for hydroxylation is 2. The van der Waals surface area contributed by atoms with Crippen LogP contribution in [-0.2, 0) is 6.42 Å². The Hall–Kier alpha value is -2.42. The van der Waals surface area contributed by atoms with Crippen molar-refractivity contribution in [3.8, 4) is 17.2 Å². The summed E-state index contributed by atoms with van der Waals surface area (Å²) < 4.78 is 17.0. The van der Waals surface area contributed by atoms with Gasteiger partial charge in [0.2, 0.25) is 0 Å². The van der Waals surface area contributed by atoms with Crippen LogP contribution in [0.5, 0.6) is 17.2 Å². The Kier molecular flexibility index (Phi) is 6.74. The second-order valence-electron chi connectivity index (χ2n) is 5.85. The van der Waals surface area contributed by atoms with E-state index in [1.54, 1.807) is 7.11 Å². The smallest absolute Gasteiger partial charge is 0.161 e. The Balaban J connectivity index is 1.80. The van der Waals surface area contributed by atoms with Crippen LogP contribution in [0.2, 0.25) is 0 Å². The molecule has 2 aromatic rings. The molecule has 0 aromatic heterocycles. The molecule has 0 atom stereocenters. The Bertz CT molecular complexity index is 657. The standard InChI is InChI=1S/C21H26O3/c1-5-7-18-8-9-20(21(15-18)22-4)24-11-6-10-23-19-13-16(2)12-17(3)14-19/h5,8-9,12-15H,1,6-7,10-11H2,2-4H3. The number of ether oxygens (including phenoxy) is 3. The summed E-state index contributed by atoms with van der Waals surface area (Å²) in [5.41, 5.74) is 3.59. The quantitative estimate of drug-likeness (QED) is 0.485. The molecule has 0 aliphatic rings. The zero-order chi connectivity index (χ0) is 17.4. The molecule has 0 fully saturated rings. The lowest BCUT2D eigenvalue weighted by Crippen LogP contribution is -2.06. The van der Waals surface area contributed by atoms with Crippen molar-refractivity contribution < 1.29 is 14.2 Å². The minimum absolute atomic E-state index is 0.585. The van der Waals surface area contributed by atoms with Gasteiger partial charge in [0.05, 0.1) is 20.3 Å². The average molecular weight is 326 g/mol. The highest BCUT2D eigenvalue weighted by molar-refractivity contribution is 5.43. The Labute approximate surface area is 144 Å². The summed E-state index contributed by atoms with van der Waals surface area (Å²) in [6.45, 7) is 9.11. The topological polar surface area (TPSA) is 27.7 Å². The zero-order valence-electron chi connectivity index (χ0n) is 14.8. The van der Waals surface area contributed by atoms with Gasteiger partial charge in [-0.3, -0.25) is 0 Å². The molecule has 0 bridgehead atoms. The predicted molar refractivity (Wildman–Crippen MR) is 98.4 cm³/mol. The molecule has 0 radical (unpaired) electrons. The number of benzene rings is 2. The summed E-state index contributed by atoms with van der Waals surface area (Å²) >= 11 is 0. The van der Waals surface area contributed by atoms with Crippen molar-refractivity contribution in [1.82, 2.24) is 0 Å². The first-order chi connectivity index (χ1) is 11.6. The van der Waals surface area contributed by atoms with Crippen LogP contribution in [0.3, 0.4) is 0 Å². The molecule has 0 saturated carbocycles. The van der Waals surface area contributed by atoms with E-state index in [0.29, 0.717) is 13.2 Å². The number of rotatable bonds is 9. The Morgan fingerprint density at radius 1 is 0.917 bits per heavy atom. The number of hydrogen-bond donors (Lipinski definition) is 0. The van der Waals surface area contributed by atoms with Crippen molar-refractivity contribution in [3.63, 3.8) is 0 Å². The molecule has 128 valence electrons. The van der Waals surface area contributed by atoms with Gasteiger partial charge < -0.3 is 14.2 Å². The fraction of sp³-hybridized carbons (Fsp3) is 0.333. The van der Waals surface area contributed by atoms with Crippen molar-refractivity contribution in [3.05, 3.63) is 65.7 Å². The largest absolute Gasteiger partial charge is 0.493 e. The summed E-state index contributed by atoms with van der Waals surface area (Å²) in [4.78, 5) is 0. The van der Waals surface area contributed by atoms with Crippen molar-refractivity contribution >= 4 is 0 Å². The van der Waals surface area contributed by atoms with Gasteiger partial charge in [-0.05, 0) is 61.2 Å². The Morgan fingerprint density at radius 2 is 1.62 bits per heavy atom. The SMILES string of the molecule is C=CCc1ccc(OCCCOc2cc(C)cc(C)c2)c(OC)c1. The van der Waals surface area contributed by atoms with Crippen molar-refractivity contribution in [2.24, 2.45) is 0 Å². The molecule has 2 rings (SSSR count). The third kappa shape index (κ3) is 5.34. The van der Waals surface area contributed by atoms with E-state index in [-0.39, 0.29) is 0 Å². The maximum absolute atomic E-state index is 5.82. The van der Waals surface area contributed by atoms with Crippen LogP contribution in [0.4, 0.5) is 0 Å². The third-order valence-corrected chi connectivity index (χ3v) is 3.62. The fourth-order valence-corrected chi connectivity index (χ4v) is 2.57. The summed E-state index contributed by atoms with van der Waals surface area (Å²) in [6.07, 6.45) is 3.50. The van der Waals surface area contributed by atoms with Gasteiger partial charge in [0.25, 0.3) is 0 Å². The highest BCUT2D eigenvalue weighted by Gasteiger charge is 2.05. The number of allylic oxidation sites excluding steroid dienone is 1. The lowest BCUT2D eigenvalue weighted by atomic mass is 10.1. The second kappa shape index (κ2) is 9.02. The van der Waals surface area contributed by atoms with E-state index < -0.39 is 0 Å². The first-order valence-electron chi connectivity index (χ1n) is 8.24. The molecular formula is C21H26O3. The van der Waals surface area contributed by atoms with Gasteiger partial charge in [-0.1, -0.05) is 18.2 Å². The minimum atomic E-state index is 0.585. The van der Waals surface area contributed by atoms with Crippen LogP contribution in [-0.4, -0.2) is 20.3 Å². The van der Waals surface area contributed by atoms with Gasteiger partial charge in [-0.15, -0.1) is 6.58 Å². The predicted octanol–water partition coefficient (Wildman–Crippen LogP) is 4.89. The van der Waals surface area contributed by atoms with Gasteiger partial charge >= 0.3 is 0 Å². The van der Waals surface area contributed by atoms with Gasteiger partial charge in [0, 0.05) is 6.42 Å². The maximum atomic E-state index is 5.82. The zero-order valence-corrected chi connectivity index (χ0v) is 14.8. The normalized spacial score (nSPS) is 10.3. The number of hydrogen-bond acceptors (Lipinski definition) is 3. The molecule has 3 nitrogen and oxygen atoms in total. The molecule has 0 unspecified atom stereocenters. The van der Waals surface area contributed by atoms with Crippen LogP contribution < -0.4 is 14.2 Å². The van der Waals surface area contributed by atoms with E-state index >= 15 is 0 Å². The average Bonchev–Trinajstić information content (AvgIpc) is 2.55. The lowest BCUT2D eigenvalue weighted by molar-refractivity contribution is 0.240. The molecule has 0 N–H and O–H groups in total. The van der Waals surface area contributed by atoms with Crippen LogP contribution >= 0.6 is 0 Å². The fourth-order valence-electron chi connectivity index (χ4n) is 2.57. The highest BCUT2D eigenvalue weighted by atomic mass is 16.5. The van der Waals surface area contributed by atoms with E-state index in [1.165, 1.54) is 11.1 Å². The molecule has 0 amide bonds. The molecule has 0 heterocycles. The summed E-state index contributed by atoms with van der Waals surface area (Å²) in [5, 5.41) is 0. The maximum Gasteiger partial charge on any atom is 0.161 e. The Morgan fingerprint density at radius 3 is 2.29 bits per heavy atom. The van der Waals surface area contributed by atoms with Crippen LogP contribution in [0.1, 0.15) is 23.1 Å². The van der Waals surface area contributed by atoms with Crippen LogP contribution in [0.25, 0.3) is 0 Å². The molecular weight excluding hydrogens is 300 g/mol. The minimum Gasteiger partial charge on any atom is -0.493 e. The van der Waals surface area contributed by atoms with E-state index in [9.17, 15) is 0 Å². The van der Waals surface area contributed by atoms with E-state index in [0.717, 1.165) is 35.7 Å². The summed E-state index contributed by atoms with van der Waals surface area (Å²) in [5.74, 6) is 2.43. The molecule has 0 saturated heterocycles. The van der Waals surface area contributed by atoms with E-state index in [2.05, 4.69) is 38.6 Å². The summed E-state index contributed by atoms with van der Waals surface area (Å²) in [7, 11) is 1.66. The van der Waals surface area contributed by atoms with Crippen LogP contribution in [0.15, 0.2) is 49.1 Å². The van der Waals surface area contributed by atoms with Gasteiger partial charge in [0.15, 0.2) is 11.5 Å². The van der Waals surface area contributed by atoms with Gasteiger partial charge in [-0.2, -0.15) is 0 Å². The number of methoxy groups -OCH3 is 1. The third-order valence-electron chi connectivity index (χ3n) is 3.62. The van der Waals surface area contributed by atoms with Crippen molar-refractivity contribution in [2.45, 2.75) is 26.7 Å². The van der Waals surface area contributed by atoms with Crippen molar-refractivity contribution in [1.29, 1.82) is 0 Å². The highest BCUT2D eigenvalue weighted by Crippen LogP contribution is 2.28. The molecule has 0 aliphatic carbocycles. The van der Waals surface area contributed by atoms with E-state index in [1.807, 2.05) is 24.3 Å². The first kappa shape index (κ1) is 17.9. The van der Waals surface area contributed by atoms with E-state index in [4.69, 9.17) is 14.2 Å². The first-order valence-corrected chi connectivity index (χ1v) is 8.24. The second-order valence-corrected chi connectivity index (χ2v) is 5.85. The lowest BCUT2D eigenvalue weighted by Gasteiger charge is -2.12. The van der Waals surface area contributed by atoms with Gasteiger partial charge in [-0.25, -0.2) is 0 Å². The monoisotopic (exact) mass is 326 g/mol. The molecule has 24 heavy (non-hydrogen) atoms. The van der Waals surface area contributed by atoms with Gasteiger partial charge in [0.1, 0.15) is 5.75 Å². The molecule has 3 heteroatoms.